The van der Waals surface area contributed by atoms with E-state index in [0.29, 0.717) is 17.1 Å². The molecule has 2 aromatic heterocycles. The first-order valence-electron chi connectivity index (χ1n) is 8.44. The molecular formula is C19H19N3O5S. The molecule has 0 atom stereocenters. The van der Waals surface area contributed by atoms with Gasteiger partial charge in [0, 0.05) is 5.69 Å². The molecule has 2 heterocycles. The summed E-state index contributed by atoms with van der Waals surface area (Å²) in [6.07, 6.45) is -0.569. The Morgan fingerprint density at radius 3 is 2.57 bits per heavy atom. The van der Waals surface area contributed by atoms with Crippen LogP contribution in [0.15, 0.2) is 46.3 Å². The van der Waals surface area contributed by atoms with E-state index in [1.54, 1.807) is 45.0 Å². The second-order valence-electron chi connectivity index (χ2n) is 6.77. The van der Waals surface area contributed by atoms with Gasteiger partial charge < -0.3 is 14.0 Å². The molecule has 0 spiro atoms. The molecule has 0 saturated heterocycles. The van der Waals surface area contributed by atoms with E-state index in [0.717, 1.165) is 4.88 Å². The molecule has 0 aliphatic carbocycles. The Bertz CT molecular complexity index is 943. The molecule has 1 N–H and O–H groups in total. The van der Waals surface area contributed by atoms with Gasteiger partial charge in [-0.25, -0.2) is 9.59 Å². The number of ether oxygens (including phenoxy) is 2. The average molecular weight is 401 g/mol. The zero-order chi connectivity index (χ0) is 20.1. The fourth-order valence-corrected chi connectivity index (χ4v) is 2.79. The van der Waals surface area contributed by atoms with E-state index >= 15 is 0 Å². The molecule has 0 bridgehead atoms. The first-order chi connectivity index (χ1) is 13.3. The van der Waals surface area contributed by atoms with Crippen molar-refractivity contribution in [3.63, 3.8) is 0 Å². The summed E-state index contributed by atoms with van der Waals surface area (Å²) < 4.78 is 15.4. The van der Waals surface area contributed by atoms with Gasteiger partial charge in [0.25, 0.3) is 5.89 Å². The number of carbonyl (C=O) groups excluding carboxylic acids is 2. The number of hydrogen-bond acceptors (Lipinski definition) is 8. The van der Waals surface area contributed by atoms with Crippen molar-refractivity contribution < 1.29 is 23.6 Å². The van der Waals surface area contributed by atoms with Crippen molar-refractivity contribution in [2.45, 2.75) is 33.0 Å². The number of esters is 1. The van der Waals surface area contributed by atoms with Gasteiger partial charge in [0.1, 0.15) is 5.60 Å². The molecule has 0 aliphatic heterocycles. The van der Waals surface area contributed by atoms with Gasteiger partial charge in [-0.05, 0) is 56.5 Å². The van der Waals surface area contributed by atoms with E-state index < -0.39 is 17.7 Å². The molecule has 9 heteroatoms. The van der Waals surface area contributed by atoms with Gasteiger partial charge in [-0.2, -0.15) is 4.98 Å². The molecule has 8 nitrogen and oxygen atoms in total. The SMILES string of the molecule is CC(C)(C)OC(=O)Nc1ccc(C(=O)OCc2nc(-c3cccs3)no2)cc1. The monoisotopic (exact) mass is 401 g/mol. The number of benzene rings is 1. The predicted octanol–water partition coefficient (Wildman–Crippen LogP) is 4.50. The van der Waals surface area contributed by atoms with Crippen LogP contribution in [0.2, 0.25) is 0 Å². The topological polar surface area (TPSA) is 104 Å². The Morgan fingerprint density at radius 2 is 1.93 bits per heavy atom. The van der Waals surface area contributed by atoms with Gasteiger partial charge in [0.2, 0.25) is 5.82 Å². The average Bonchev–Trinajstić information content (AvgIpc) is 3.30. The molecule has 1 amide bonds. The second-order valence-corrected chi connectivity index (χ2v) is 7.72. The fourth-order valence-electron chi connectivity index (χ4n) is 2.14. The third-order valence-corrected chi connectivity index (χ3v) is 4.17. The van der Waals surface area contributed by atoms with Gasteiger partial charge in [-0.1, -0.05) is 11.2 Å². The first kappa shape index (κ1) is 19.6. The number of anilines is 1. The summed E-state index contributed by atoms with van der Waals surface area (Å²) in [6.45, 7) is 5.20. The highest BCUT2D eigenvalue weighted by Crippen LogP contribution is 2.21. The van der Waals surface area contributed by atoms with Gasteiger partial charge in [0.05, 0.1) is 10.4 Å². The van der Waals surface area contributed by atoms with Crippen LogP contribution in [0.5, 0.6) is 0 Å². The lowest BCUT2D eigenvalue weighted by Gasteiger charge is -2.19. The standard InChI is InChI=1S/C19H19N3O5S/c1-19(2,3)26-18(24)20-13-8-6-12(7-9-13)17(23)25-11-15-21-16(22-27-15)14-5-4-10-28-14/h4-10H,11H2,1-3H3,(H,20,24). The summed E-state index contributed by atoms with van der Waals surface area (Å²) in [6, 6.07) is 10.0. The van der Waals surface area contributed by atoms with Crippen LogP contribution in [-0.2, 0) is 16.1 Å². The number of amides is 1. The normalized spacial score (nSPS) is 11.1. The number of aromatic nitrogens is 2. The van der Waals surface area contributed by atoms with Crippen molar-refractivity contribution in [3.8, 4) is 10.7 Å². The number of rotatable bonds is 5. The summed E-state index contributed by atoms with van der Waals surface area (Å²) in [7, 11) is 0. The van der Waals surface area contributed by atoms with Crippen LogP contribution in [0.1, 0.15) is 37.0 Å². The van der Waals surface area contributed by atoms with Crippen LogP contribution in [0.3, 0.4) is 0 Å². The predicted molar refractivity (Wildman–Crippen MR) is 103 cm³/mol. The Hall–Kier alpha value is -3.20. The third kappa shape index (κ3) is 5.40. The molecule has 0 saturated carbocycles. The maximum Gasteiger partial charge on any atom is 0.412 e. The highest BCUT2D eigenvalue weighted by atomic mass is 32.1. The van der Waals surface area contributed by atoms with Crippen molar-refractivity contribution in [2.24, 2.45) is 0 Å². The van der Waals surface area contributed by atoms with Crippen molar-refractivity contribution in [2.75, 3.05) is 5.32 Å². The number of hydrogen-bond donors (Lipinski definition) is 1. The summed E-state index contributed by atoms with van der Waals surface area (Å²) >= 11 is 1.49. The van der Waals surface area contributed by atoms with Crippen LogP contribution in [-0.4, -0.2) is 27.8 Å². The van der Waals surface area contributed by atoms with Crippen LogP contribution in [0, 0.1) is 0 Å². The largest absolute Gasteiger partial charge is 0.452 e. The van der Waals surface area contributed by atoms with Crippen molar-refractivity contribution >= 4 is 29.1 Å². The highest BCUT2D eigenvalue weighted by Gasteiger charge is 2.17. The quantitative estimate of drug-likeness (QED) is 0.628. The Labute approximate surface area is 165 Å². The minimum atomic E-state index is -0.591. The van der Waals surface area contributed by atoms with E-state index in [-0.39, 0.29) is 12.5 Å². The summed E-state index contributed by atoms with van der Waals surface area (Å²) in [5.41, 5.74) is 0.238. The number of carbonyl (C=O) groups is 2. The molecule has 3 rings (SSSR count). The third-order valence-electron chi connectivity index (χ3n) is 3.30. The van der Waals surface area contributed by atoms with Gasteiger partial charge in [-0.3, -0.25) is 5.32 Å². The van der Waals surface area contributed by atoms with E-state index in [4.69, 9.17) is 14.0 Å². The van der Waals surface area contributed by atoms with Crippen molar-refractivity contribution in [3.05, 3.63) is 53.2 Å². The summed E-state index contributed by atoms with van der Waals surface area (Å²) in [5, 5.41) is 8.36. The minimum absolute atomic E-state index is 0.130. The van der Waals surface area contributed by atoms with Gasteiger partial charge >= 0.3 is 12.1 Å². The van der Waals surface area contributed by atoms with Gasteiger partial charge in [-0.15, -0.1) is 11.3 Å². The number of nitrogens with one attached hydrogen (secondary N) is 1. The zero-order valence-electron chi connectivity index (χ0n) is 15.6. The highest BCUT2D eigenvalue weighted by molar-refractivity contribution is 7.13. The van der Waals surface area contributed by atoms with Crippen LogP contribution in [0.4, 0.5) is 10.5 Å². The smallest absolute Gasteiger partial charge is 0.412 e. The fraction of sp³-hybridized carbons (Fsp3) is 0.263. The van der Waals surface area contributed by atoms with Crippen molar-refractivity contribution in [1.29, 1.82) is 0 Å². The number of thiophene rings is 1. The van der Waals surface area contributed by atoms with E-state index in [9.17, 15) is 9.59 Å². The molecule has 28 heavy (non-hydrogen) atoms. The first-order valence-corrected chi connectivity index (χ1v) is 9.32. The molecule has 3 aromatic rings. The maximum absolute atomic E-state index is 12.2. The summed E-state index contributed by atoms with van der Waals surface area (Å²) in [4.78, 5) is 29.0. The molecule has 0 radical (unpaired) electrons. The van der Waals surface area contributed by atoms with E-state index in [1.165, 1.54) is 11.3 Å². The molecule has 1 aromatic carbocycles. The molecule has 0 aliphatic rings. The molecule has 0 unspecified atom stereocenters. The lowest BCUT2D eigenvalue weighted by Crippen LogP contribution is -2.27. The zero-order valence-corrected chi connectivity index (χ0v) is 16.4. The van der Waals surface area contributed by atoms with E-state index in [1.807, 2.05) is 17.5 Å². The minimum Gasteiger partial charge on any atom is -0.452 e. The van der Waals surface area contributed by atoms with Crippen LogP contribution >= 0.6 is 11.3 Å². The Balaban J connectivity index is 1.53. The lowest BCUT2D eigenvalue weighted by molar-refractivity contribution is 0.0429. The molecule has 146 valence electrons. The van der Waals surface area contributed by atoms with Crippen LogP contribution in [0.25, 0.3) is 10.7 Å². The maximum atomic E-state index is 12.2. The number of nitrogens with zero attached hydrogens (tertiary/aromatic N) is 2. The molecular weight excluding hydrogens is 382 g/mol. The second kappa shape index (κ2) is 8.22. The van der Waals surface area contributed by atoms with E-state index in [2.05, 4.69) is 15.5 Å². The summed E-state index contributed by atoms with van der Waals surface area (Å²) in [5.74, 6) is 0.123. The van der Waals surface area contributed by atoms with Crippen LogP contribution < -0.4 is 5.32 Å². The molecule has 0 fully saturated rings. The van der Waals surface area contributed by atoms with Gasteiger partial charge in [0.15, 0.2) is 6.61 Å². The Morgan fingerprint density at radius 1 is 1.18 bits per heavy atom. The Kier molecular flexibility index (Phi) is 5.74. The van der Waals surface area contributed by atoms with Crippen molar-refractivity contribution in [1.82, 2.24) is 10.1 Å². The lowest BCUT2D eigenvalue weighted by atomic mass is 10.2.